The van der Waals surface area contributed by atoms with Crippen LogP contribution in [0.4, 0.5) is 0 Å². The Labute approximate surface area is 459 Å². The summed E-state index contributed by atoms with van der Waals surface area (Å²) in [7, 11) is 0. The molecule has 0 aromatic heterocycles. The lowest BCUT2D eigenvalue weighted by Gasteiger charge is -2.31. The normalized spacial score (nSPS) is 13.8. The van der Waals surface area contributed by atoms with Gasteiger partial charge < -0.3 is 10.2 Å². The van der Waals surface area contributed by atoms with Crippen LogP contribution < -0.4 is 0 Å². The Bertz CT molecular complexity index is 3460. The van der Waals surface area contributed by atoms with E-state index < -0.39 is 5.41 Å². The largest absolute Gasteiger partial charge is 0.507 e. The molecule has 0 bridgehead atoms. The molecule has 0 fully saturated rings. The molecule has 0 saturated carbocycles. The average Bonchev–Trinajstić information content (AvgIpc) is 3.42. The topological polar surface area (TPSA) is 40.5 Å². The van der Waals surface area contributed by atoms with Crippen molar-refractivity contribution < 1.29 is 10.2 Å². The van der Waals surface area contributed by atoms with Crippen molar-refractivity contribution in [3.05, 3.63) is 205 Å². The SMILES string of the molecule is CC(C)(c1cc(-c2cccc3c2Sc2ccccc2S3)c(O)c(-c2cccc3c2Sc2ccccc2S3)c1)c1cc(-c2cccc3c2Sc2ccccc2S3)c(O)c(-c2cccc3c2Sc2ccccc2S3)c1. The van der Waals surface area contributed by atoms with E-state index in [1.54, 1.807) is 94.1 Å². The first-order valence-electron chi connectivity index (χ1n) is 23.8. The summed E-state index contributed by atoms with van der Waals surface area (Å²) in [6, 6.07) is 69.3. The Morgan fingerprint density at radius 2 is 0.452 bits per heavy atom. The van der Waals surface area contributed by atoms with Gasteiger partial charge in [0.15, 0.2) is 0 Å². The third kappa shape index (κ3) is 7.98. The third-order valence-corrected chi connectivity index (χ3v) is 24.3. The highest BCUT2D eigenvalue weighted by atomic mass is 32.2. The van der Waals surface area contributed by atoms with Crippen LogP contribution in [0.3, 0.4) is 0 Å². The Balaban J connectivity index is 0.997. The number of fused-ring (bicyclic) bond motifs is 8. The molecule has 4 aliphatic rings. The van der Waals surface area contributed by atoms with Crippen molar-refractivity contribution in [1.82, 2.24) is 0 Å². The van der Waals surface area contributed by atoms with E-state index >= 15 is 0 Å². The second-order valence-corrected chi connectivity index (χ2v) is 27.1. The van der Waals surface area contributed by atoms with Crippen molar-refractivity contribution in [3.63, 3.8) is 0 Å². The standard InChI is InChI=1S/C63H40O2S8/c1-63(2,35-31-41(37-15-11-27-53-59(37)70-49-23-7-3-19-45(49)66-53)57(64)42(32-35)38-16-12-28-54-60(38)71-50-24-8-4-20-46(50)67-54)36-33-43(39-17-13-29-55-61(39)72-51-25-9-5-21-47(51)68-55)58(65)44(34-36)40-18-14-30-56-62(40)73-52-26-10-6-22-48(52)69-56/h3-34,64-65H,1-2H3. The van der Waals surface area contributed by atoms with Crippen molar-refractivity contribution >= 4 is 94.1 Å². The average molecular weight is 1090 g/mol. The number of rotatable bonds is 6. The number of phenols is 2. The van der Waals surface area contributed by atoms with Crippen molar-refractivity contribution in [2.75, 3.05) is 0 Å². The monoisotopic (exact) mass is 1080 g/mol. The van der Waals surface area contributed by atoms with Gasteiger partial charge in [-0.1, -0.05) is 205 Å². The molecule has 0 saturated heterocycles. The maximum atomic E-state index is 13.1. The van der Waals surface area contributed by atoms with E-state index in [1.807, 2.05) is 0 Å². The zero-order valence-corrected chi connectivity index (χ0v) is 45.7. The second kappa shape index (κ2) is 18.5. The van der Waals surface area contributed by atoms with Crippen molar-refractivity contribution in [1.29, 1.82) is 0 Å². The lowest BCUT2D eigenvalue weighted by atomic mass is 9.74. The molecule has 0 aliphatic carbocycles. The molecule has 0 atom stereocenters. The van der Waals surface area contributed by atoms with E-state index in [9.17, 15) is 10.2 Å². The van der Waals surface area contributed by atoms with Gasteiger partial charge in [-0.25, -0.2) is 0 Å². The number of hydrogen-bond donors (Lipinski definition) is 2. The van der Waals surface area contributed by atoms with Gasteiger partial charge in [0.2, 0.25) is 0 Å². The Kier molecular flexibility index (Phi) is 11.7. The van der Waals surface area contributed by atoms with Gasteiger partial charge in [0.05, 0.1) is 0 Å². The van der Waals surface area contributed by atoms with Crippen LogP contribution in [0, 0.1) is 0 Å². The summed E-state index contributed by atoms with van der Waals surface area (Å²) >= 11 is 14.3. The van der Waals surface area contributed by atoms with Gasteiger partial charge in [-0.15, -0.1) is 0 Å². The molecule has 0 spiro atoms. The minimum atomic E-state index is -0.659. The molecule has 10 heteroatoms. The fraction of sp³-hybridized carbons (Fsp3) is 0.0476. The Morgan fingerprint density at radius 3 is 0.685 bits per heavy atom. The quantitative estimate of drug-likeness (QED) is 0.168. The summed E-state index contributed by atoms with van der Waals surface area (Å²) in [5.41, 5.74) is 8.64. The summed E-state index contributed by atoms with van der Waals surface area (Å²) in [6.07, 6.45) is 0. The van der Waals surface area contributed by atoms with Crippen LogP contribution in [0.5, 0.6) is 11.5 Å². The molecular weight excluding hydrogens is 1050 g/mol. The highest BCUT2D eigenvalue weighted by molar-refractivity contribution is 8.06. The van der Waals surface area contributed by atoms with Gasteiger partial charge in [0.1, 0.15) is 11.5 Å². The summed E-state index contributed by atoms with van der Waals surface area (Å²) < 4.78 is 0. The van der Waals surface area contributed by atoms with Gasteiger partial charge in [0, 0.05) is 128 Å². The Hall–Kier alpha value is -5.40. The third-order valence-electron chi connectivity index (χ3n) is 13.9. The van der Waals surface area contributed by atoms with E-state index in [-0.39, 0.29) is 11.5 Å². The minimum Gasteiger partial charge on any atom is -0.507 e. The lowest BCUT2D eigenvalue weighted by Crippen LogP contribution is -2.20. The second-order valence-electron chi connectivity index (χ2n) is 18.6. The molecular formula is C63H40O2S8. The molecule has 4 aliphatic heterocycles. The smallest absolute Gasteiger partial charge is 0.131 e. The Morgan fingerprint density at radius 1 is 0.247 bits per heavy atom. The van der Waals surface area contributed by atoms with E-state index in [1.165, 1.54) is 58.7 Å². The molecule has 10 aromatic carbocycles. The lowest BCUT2D eigenvalue weighted by molar-refractivity contribution is 0.478. The van der Waals surface area contributed by atoms with Crippen LogP contribution in [0.25, 0.3) is 44.5 Å². The zero-order valence-electron chi connectivity index (χ0n) is 39.1. The molecule has 73 heavy (non-hydrogen) atoms. The predicted molar refractivity (Wildman–Crippen MR) is 309 cm³/mol. The van der Waals surface area contributed by atoms with E-state index in [2.05, 4.69) is 208 Å². The van der Waals surface area contributed by atoms with Crippen molar-refractivity contribution in [2.45, 2.75) is 97.6 Å². The highest BCUT2D eigenvalue weighted by Crippen LogP contribution is 2.60. The van der Waals surface area contributed by atoms with E-state index in [4.69, 9.17) is 0 Å². The summed E-state index contributed by atoms with van der Waals surface area (Å²) in [5.74, 6) is 0.526. The molecule has 0 unspecified atom stereocenters. The minimum absolute atomic E-state index is 0.263. The molecule has 2 nitrogen and oxygen atoms in total. The molecule has 0 radical (unpaired) electrons. The maximum Gasteiger partial charge on any atom is 0.131 e. The number of phenolic OH excluding ortho intramolecular Hbond substituents is 2. The number of hydrogen-bond acceptors (Lipinski definition) is 10. The molecule has 352 valence electrons. The first-order chi connectivity index (χ1) is 35.7. The van der Waals surface area contributed by atoms with Crippen molar-refractivity contribution in [3.8, 4) is 56.0 Å². The van der Waals surface area contributed by atoms with E-state index in [0.29, 0.717) is 0 Å². The van der Waals surface area contributed by atoms with Gasteiger partial charge >= 0.3 is 0 Å². The van der Waals surface area contributed by atoms with E-state index in [0.717, 1.165) is 75.2 Å². The molecule has 14 rings (SSSR count). The zero-order chi connectivity index (χ0) is 49.0. The number of benzene rings is 10. The summed E-state index contributed by atoms with van der Waals surface area (Å²) in [5, 5.41) is 26.1. The van der Waals surface area contributed by atoms with Crippen LogP contribution in [-0.4, -0.2) is 10.2 Å². The van der Waals surface area contributed by atoms with Crippen LogP contribution in [0.2, 0.25) is 0 Å². The highest BCUT2D eigenvalue weighted by Gasteiger charge is 2.34. The molecule has 10 aromatic rings. The summed E-state index contributed by atoms with van der Waals surface area (Å²) in [6.45, 7) is 4.61. The predicted octanol–water partition coefficient (Wildman–Crippen LogP) is 20.6. The first kappa shape index (κ1) is 46.2. The maximum absolute atomic E-state index is 13.1. The van der Waals surface area contributed by atoms with Gasteiger partial charge in [-0.3, -0.25) is 0 Å². The molecule has 2 N–H and O–H groups in total. The summed E-state index contributed by atoms with van der Waals surface area (Å²) in [4.78, 5) is 19.1. The fourth-order valence-corrected chi connectivity index (χ4v) is 19.6. The van der Waals surface area contributed by atoms with Gasteiger partial charge in [0.25, 0.3) is 0 Å². The molecule has 0 amide bonds. The van der Waals surface area contributed by atoms with Gasteiger partial charge in [-0.2, -0.15) is 0 Å². The van der Waals surface area contributed by atoms with Crippen LogP contribution >= 0.6 is 94.1 Å². The first-order valence-corrected chi connectivity index (χ1v) is 30.3. The fourth-order valence-electron chi connectivity index (χ4n) is 10.0. The van der Waals surface area contributed by atoms with Gasteiger partial charge in [-0.05, 0) is 108 Å². The number of aromatic hydroxyl groups is 2. The van der Waals surface area contributed by atoms with Crippen LogP contribution in [-0.2, 0) is 5.41 Å². The van der Waals surface area contributed by atoms with Crippen LogP contribution in [0.15, 0.2) is 272 Å². The van der Waals surface area contributed by atoms with Crippen LogP contribution in [0.1, 0.15) is 25.0 Å². The van der Waals surface area contributed by atoms with Crippen molar-refractivity contribution in [2.24, 2.45) is 0 Å². The molecule has 4 heterocycles.